The molecule has 0 saturated carbocycles. The van der Waals surface area contributed by atoms with E-state index in [0.29, 0.717) is 11.3 Å². The van der Waals surface area contributed by atoms with E-state index < -0.39 is 58.7 Å². The summed E-state index contributed by atoms with van der Waals surface area (Å²) >= 11 is 0. The number of likely N-dealkylation sites (tertiary alicyclic amines) is 1. The molecule has 2 aromatic rings. The second-order valence-corrected chi connectivity index (χ2v) is 8.53. The topological polar surface area (TPSA) is 116 Å². The van der Waals surface area contributed by atoms with Crippen molar-refractivity contribution in [2.75, 3.05) is 5.32 Å². The lowest BCUT2D eigenvalue weighted by Crippen LogP contribution is -2.53. The van der Waals surface area contributed by atoms with Gasteiger partial charge in [0.05, 0.1) is 18.4 Å². The molecule has 3 N–H and O–H groups in total. The second-order valence-electron chi connectivity index (χ2n) is 8.53. The van der Waals surface area contributed by atoms with Crippen LogP contribution in [-0.4, -0.2) is 39.7 Å². The highest BCUT2D eigenvalue weighted by atomic mass is 19.1. The number of hydrogen-bond donors (Lipinski definition) is 3. The number of benzene rings is 2. The van der Waals surface area contributed by atoms with Gasteiger partial charge in [0.15, 0.2) is 0 Å². The molecule has 3 amide bonds. The number of anilines is 1. The predicted molar refractivity (Wildman–Crippen MR) is 109 cm³/mol. The fourth-order valence-electron chi connectivity index (χ4n) is 5.29. The highest BCUT2D eigenvalue weighted by Crippen LogP contribution is 2.53. The Morgan fingerprint density at radius 2 is 1.73 bits per heavy atom. The molecule has 10 heteroatoms. The van der Waals surface area contributed by atoms with Crippen LogP contribution in [0.3, 0.4) is 0 Å². The largest absolute Gasteiger partial charge is 0.481 e. The van der Waals surface area contributed by atoms with Gasteiger partial charge in [-0.15, -0.1) is 0 Å². The summed E-state index contributed by atoms with van der Waals surface area (Å²) in [6.07, 6.45) is -0.284. The van der Waals surface area contributed by atoms with Crippen LogP contribution >= 0.6 is 0 Å². The van der Waals surface area contributed by atoms with Crippen molar-refractivity contribution in [1.29, 1.82) is 0 Å². The van der Waals surface area contributed by atoms with Crippen LogP contribution in [0, 0.1) is 23.5 Å². The molecule has 2 fully saturated rings. The fourth-order valence-corrected chi connectivity index (χ4v) is 5.29. The van der Waals surface area contributed by atoms with Gasteiger partial charge >= 0.3 is 5.97 Å². The van der Waals surface area contributed by atoms with Crippen LogP contribution in [0.4, 0.5) is 14.5 Å². The van der Waals surface area contributed by atoms with Gasteiger partial charge in [0.1, 0.15) is 17.2 Å². The Bertz CT molecular complexity index is 1200. The number of carboxylic acids is 1. The van der Waals surface area contributed by atoms with Crippen molar-refractivity contribution in [3.05, 3.63) is 65.2 Å². The van der Waals surface area contributed by atoms with Crippen molar-refractivity contribution in [3.8, 4) is 0 Å². The first-order valence-corrected chi connectivity index (χ1v) is 10.4. The third-order valence-corrected chi connectivity index (χ3v) is 6.69. The monoisotopic (exact) mass is 455 g/mol. The molecule has 170 valence electrons. The van der Waals surface area contributed by atoms with E-state index >= 15 is 0 Å². The first kappa shape index (κ1) is 21.2. The Balaban J connectivity index is 1.58. The molecular weight excluding hydrogens is 436 g/mol. The molecule has 4 atom stereocenters. The van der Waals surface area contributed by atoms with E-state index in [4.69, 9.17) is 5.11 Å². The summed E-state index contributed by atoms with van der Waals surface area (Å²) in [5, 5.41) is 14.9. The molecule has 2 aromatic carbocycles. The van der Waals surface area contributed by atoms with Crippen molar-refractivity contribution in [3.63, 3.8) is 0 Å². The zero-order valence-electron chi connectivity index (χ0n) is 17.2. The van der Waals surface area contributed by atoms with E-state index in [-0.39, 0.29) is 24.9 Å². The van der Waals surface area contributed by atoms with Crippen LogP contribution in [0.25, 0.3) is 0 Å². The third-order valence-electron chi connectivity index (χ3n) is 6.69. The maximum absolute atomic E-state index is 14.2. The molecule has 0 bridgehead atoms. The van der Waals surface area contributed by atoms with E-state index in [1.807, 2.05) is 0 Å². The zero-order valence-corrected chi connectivity index (χ0v) is 17.2. The lowest BCUT2D eigenvalue weighted by molar-refractivity contribution is -0.144. The number of carboxylic acid groups (broad SMARTS) is 1. The molecular formula is C23H19F2N3O5. The van der Waals surface area contributed by atoms with Crippen LogP contribution in [0.2, 0.25) is 0 Å². The summed E-state index contributed by atoms with van der Waals surface area (Å²) in [5.74, 6) is -6.11. The number of halogens is 2. The maximum Gasteiger partial charge on any atom is 0.303 e. The summed E-state index contributed by atoms with van der Waals surface area (Å²) < 4.78 is 27.4. The van der Waals surface area contributed by atoms with Crippen LogP contribution < -0.4 is 10.6 Å². The average Bonchev–Trinajstić information content (AvgIpc) is 3.34. The van der Waals surface area contributed by atoms with E-state index in [9.17, 15) is 28.0 Å². The van der Waals surface area contributed by atoms with Gasteiger partial charge in [0, 0.05) is 23.7 Å². The summed E-state index contributed by atoms with van der Waals surface area (Å²) in [5.41, 5.74) is -0.645. The first-order chi connectivity index (χ1) is 15.7. The van der Waals surface area contributed by atoms with Crippen LogP contribution in [0.15, 0.2) is 42.5 Å². The molecule has 2 saturated heterocycles. The van der Waals surface area contributed by atoms with Gasteiger partial charge in [-0.1, -0.05) is 12.1 Å². The molecule has 0 radical (unpaired) electrons. The van der Waals surface area contributed by atoms with Crippen molar-refractivity contribution in [2.24, 2.45) is 11.8 Å². The minimum Gasteiger partial charge on any atom is -0.481 e. The smallest absolute Gasteiger partial charge is 0.303 e. The maximum atomic E-state index is 14.2. The minimum absolute atomic E-state index is 0.000409. The molecule has 33 heavy (non-hydrogen) atoms. The molecule has 0 aliphatic carbocycles. The number of nitrogens with one attached hydrogen (secondary N) is 2. The Labute approximate surface area is 186 Å². The molecule has 3 aliphatic rings. The lowest BCUT2D eigenvalue weighted by Gasteiger charge is -2.29. The van der Waals surface area contributed by atoms with Gasteiger partial charge in [-0.3, -0.25) is 29.4 Å². The summed E-state index contributed by atoms with van der Waals surface area (Å²) in [6, 6.07) is 8.25. The highest BCUT2D eigenvalue weighted by Gasteiger charge is 2.70. The molecule has 0 aromatic heterocycles. The molecule has 3 aliphatic heterocycles. The molecule has 1 spiro atoms. The Kier molecular flexibility index (Phi) is 4.78. The zero-order chi connectivity index (χ0) is 23.5. The number of nitrogens with zero attached hydrogens (tertiary/aromatic N) is 1. The summed E-state index contributed by atoms with van der Waals surface area (Å²) in [6.45, 7) is -0.121. The van der Waals surface area contributed by atoms with Crippen molar-refractivity contribution >= 4 is 29.4 Å². The van der Waals surface area contributed by atoms with E-state index in [0.717, 1.165) is 11.0 Å². The van der Waals surface area contributed by atoms with Gasteiger partial charge in [0.25, 0.3) is 0 Å². The SMILES string of the molecule is O=C(O)CC[C@@H]1N[C@@]2(C(=O)Nc3ccc(F)cc32)[C@@H]2C(=O)N(Cc3ccc(F)cc3)C(=O)[C@H]12. The number of hydrogen-bond acceptors (Lipinski definition) is 5. The van der Waals surface area contributed by atoms with Crippen LogP contribution in [-0.2, 0) is 31.3 Å². The van der Waals surface area contributed by atoms with E-state index in [2.05, 4.69) is 10.6 Å². The van der Waals surface area contributed by atoms with E-state index in [1.165, 1.54) is 36.4 Å². The quantitative estimate of drug-likeness (QED) is 0.592. The van der Waals surface area contributed by atoms with Crippen LogP contribution in [0.1, 0.15) is 24.0 Å². The van der Waals surface area contributed by atoms with Gasteiger partial charge in [0.2, 0.25) is 17.7 Å². The Morgan fingerprint density at radius 3 is 2.42 bits per heavy atom. The first-order valence-electron chi connectivity index (χ1n) is 10.4. The van der Waals surface area contributed by atoms with Gasteiger partial charge in [-0.2, -0.15) is 0 Å². The lowest BCUT2D eigenvalue weighted by atomic mass is 9.76. The van der Waals surface area contributed by atoms with Gasteiger partial charge in [-0.05, 0) is 42.3 Å². The number of carbonyl (C=O) groups is 4. The van der Waals surface area contributed by atoms with Gasteiger partial charge in [-0.25, -0.2) is 8.78 Å². The number of aliphatic carboxylic acids is 1. The number of amides is 3. The average molecular weight is 455 g/mol. The standard InChI is InChI=1S/C23H19F2N3O5/c24-12-3-1-11(2-4-12)10-28-20(31)18-16(7-8-17(29)30)27-23(19(18)21(28)32)14-9-13(25)5-6-15(14)26-22(23)33/h1-6,9,16,18-19,27H,7-8,10H2,(H,26,33)(H,29,30)/t16-,18+,19-,23+/m0/s1. The minimum atomic E-state index is -1.70. The highest BCUT2D eigenvalue weighted by molar-refractivity contribution is 6.15. The van der Waals surface area contributed by atoms with Crippen molar-refractivity contribution in [2.45, 2.75) is 31.0 Å². The number of imide groups is 1. The fraction of sp³-hybridized carbons (Fsp3) is 0.304. The molecule has 3 heterocycles. The molecule has 5 rings (SSSR count). The predicted octanol–water partition coefficient (Wildman–Crippen LogP) is 1.75. The van der Waals surface area contributed by atoms with Crippen molar-refractivity contribution in [1.82, 2.24) is 10.2 Å². The summed E-state index contributed by atoms with van der Waals surface area (Å²) in [4.78, 5) is 52.4. The van der Waals surface area contributed by atoms with Crippen LogP contribution in [0.5, 0.6) is 0 Å². The Morgan fingerprint density at radius 1 is 1.03 bits per heavy atom. The summed E-state index contributed by atoms with van der Waals surface area (Å²) in [7, 11) is 0. The number of rotatable bonds is 5. The Hall–Kier alpha value is -3.66. The van der Waals surface area contributed by atoms with Gasteiger partial charge < -0.3 is 10.4 Å². The van der Waals surface area contributed by atoms with E-state index in [1.54, 1.807) is 0 Å². The number of carbonyl (C=O) groups excluding carboxylic acids is 3. The third kappa shape index (κ3) is 3.12. The number of fused-ring (bicyclic) bond motifs is 4. The molecule has 8 nitrogen and oxygen atoms in total. The normalized spacial score (nSPS) is 27.8. The van der Waals surface area contributed by atoms with Crippen molar-refractivity contribution < 1.29 is 33.1 Å². The molecule has 0 unspecified atom stereocenters. The second kappa shape index (κ2) is 7.45.